The second kappa shape index (κ2) is 8.00. The van der Waals surface area contributed by atoms with Gasteiger partial charge in [0.25, 0.3) is 0 Å². The van der Waals surface area contributed by atoms with E-state index in [1.165, 1.54) is 16.3 Å². The Kier molecular flexibility index (Phi) is 6.25. The molecule has 0 aromatic heterocycles. The molecule has 2 unspecified atom stereocenters. The Labute approximate surface area is 150 Å². The highest BCUT2D eigenvalue weighted by Crippen LogP contribution is 2.35. The molecule has 1 fully saturated rings. The summed E-state index contributed by atoms with van der Waals surface area (Å²) in [7, 11) is 0. The number of carbonyl (C=O) groups excluding carboxylic acids is 1. The lowest BCUT2D eigenvalue weighted by molar-refractivity contribution is -0.135. The molecule has 0 spiro atoms. The van der Waals surface area contributed by atoms with Crippen LogP contribution in [0.2, 0.25) is 0 Å². The van der Waals surface area contributed by atoms with E-state index < -0.39 is 0 Å². The first-order valence-corrected chi connectivity index (χ1v) is 8.68. The highest BCUT2D eigenvalue weighted by atomic mass is 35.5. The fourth-order valence-electron chi connectivity index (χ4n) is 3.29. The third kappa shape index (κ3) is 3.90. The number of benzene rings is 2. The second-order valence-electron chi connectivity index (χ2n) is 6.65. The zero-order valence-corrected chi connectivity index (χ0v) is 15.3. The highest BCUT2D eigenvalue weighted by Gasteiger charge is 2.37. The van der Waals surface area contributed by atoms with E-state index >= 15 is 0 Å². The van der Waals surface area contributed by atoms with Gasteiger partial charge in [0.15, 0.2) is 0 Å². The molecule has 0 radical (unpaired) electrons. The maximum atomic E-state index is 12.8. The monoisotopic (exact) mass is 346 g/mol. The summed E-state index contributed by atoms with van der Waals surface area (Å²) >= 11 is 0. The predicted molar refractivity (Wildman–Crippen MR) is 102 cm³/mol. The van der Waals surface area contributed by atoms with E-state index in [1.807, 2.05) is 4.90 Å². The minimum atomic E-state index is -0.372. The maximum absolute atomic E-state index is 12.8. The molecule has 0 bridgehead atoms. The largest absolute Gasteiger partial charge is 0.332 e. The quantitative estimate of drug-likeness (QED) is 0.840. The van der Waals surface area contributed by atoms with Gasteiger partial charge in [-0.25, -0.2) is 0 Å². The fraction of sp³-hybridized carbons (Fsp3) is 0.450. The molecular weight excluding hydrogens is 320 g/mol. The fourth-order valence-corrected chi connectivity index (χ4v) is 3.29. The SMILES string of the molecule is CCCC(N)C(=O)N(C1CC1)C(C)c1ccc2ccccc2c1.Cl. The van der Waals surface area contributed by atoms with Crippen LogP contribution >= 0.6 is 12.4 Å². The van der Waals surface area contributed by atoms with Gasteiger partial charge in [0, 0.05) is 6.04 Å². The van der Waals surface area contributed by atoms with Gasteiger partial charge in [-0.05, 0) is 48.6 Å². The summed E-state index contributed by atoms with van der Waals surface area (Å²) in [6.07, 6.45) is 3.90. The zero-order chi connectivity index (χ0) is 16.4. The molecule has 4 heteroatoms. The van der Waals surface area contributed by atoms with Gasteiger partial charge in [0.2, 0.25) is 5.91 Å². The summed E-state index contributed by atoms with van der Waals surface area (Å²) < 4.78 is 0. The highest BCUT2D eigenvalue weighted by molar-refractivity contribution is 5.85. The van der Waals surface area contributed by atoms with Gasteiger partial charge in [-0.2, -0.15) is 0 Å². The molecule has 1 aliphatic rings. The van der Waals surface area contributed by atoms with Crippen molar-refractivity contribution in [3.05, 3.63) is 48.0 Å². The number of hydrogen-bond acceptors (Lipinski definition) is 2. The summed E-state index contributed by atoms with van der Waals surface area (Å²) in [5, 5.41) is 2.45. The van der Waals surface area contributed by atoms with Gasteiger partial charge >= 0.3 is 0 Å². The van der Waals surface area contributed by atoms with Crippen LogP contribution in [0.4, 0.5) is 0 Å². The maximum Gasteiger partial charge on any atom is 0.240 e. The number of fused-ring (bicyclic) bond motifs is 1. The van der Waals surface area contributed by atoms with Crippen molar-refractivity contribution in [3.63, 3.8) is 0 Å². The summed E-state index contributed by atoms with van der Waals surface area (Å²) in [5.74, 6) is 0.106. The average molecular weight is 347 g/mol. The number of carbonyl (C=O) groups is 1. The number of amides is 1. The van der Waals surface area contributed by atoms with Gasteiger partial charge in [0.05, 0.1) is 12.1 Å². The molecule has 3 nitrogen and oxygen atoms in total. The predicted octanol–water partition coefficient (Wildman–Crippen LogP) is 4.44. The van der Waals surface area contributed by atoms with E-state index in [1.54, 1.807) is 0 Å². The van der Waals surface area contributed by atoms with Crippen LogP contribution in [0.15, 0.2) is 42.5 Å². The number of nitrogens with two attached hydrogens (primary N) is 1. The van der Waals surface area contributed by atoms with Crippen molar-refractivity contribution in [1.29, 1.82) is 0 Å². The first-order valence-electron chi connectivity index (χ1n) is 8.68. The summed E-state index contributed by atoms with van der Waals surface area (Å²) in [6.45, 7) is 4.19. The normalized spacial score (nSPS) is 16.3. The molecule has 2 atom stereocenters. The minimum Gasteiger partial charge on any atom is -0.332 e. The first-order chi connectivity index (χ1) is 11.1. The van der Waals surface area contributed by atoms with E-state index in [4.69, 9.17) is 5.73 Å². The van der Waals surface area contributed by atoms with E-state index in [-0.39, 0.29) is 30.4 Å². The van der Waals surface area contributed by atoms with Gasteiger partial charge in [-0.1, -0.05) is 49.7 Å². The van der Waals surface area contributed by atoms with Crippen molar-refractivity contribution >= 4 is 29.1 Å². The Morgan fingerprint density at radius 1 is 1.21 bits per heavy atom. The summed E-state index contributed by atoms with van der Waals surface area (Å²) in [5.41, 5.74) is 7.30. The molecule has 0 saturated heterocycles. The van der Waals surface area contributed by atoms with Crippen molar-refractivity contribution in [2.75, 3.05) is 0 Å². The summed E-state index contributed by atoms with van der Waals surface area (Å²) in [6, 6.07) is 14.9. The Balaban J connectivity index is 0.00000208. The number of hydrogen-bond donors (Lipinski definition) is 1. The smallest absolute Gasteiger partial charge is 0.240 e. The Hall–Kier alpha value is -1.58. The molecule has 0 aliphatic heterocycles. The molecule has 1 amide bonds. The van der Waals surface area contributed by atoms with Crippen molar-refractivity contribution in [2.24, 2.45) is 5.73 Å². The van der Waals surface area contributed by atoms with Gasteiger partial charge in [-0.15, -0.1) is 12.4 Å². The number of nitrogens with zero attached hydrogens (tertiary/aromatic N) is 1. The molecule has 24 heavy (non-hydrogen) atoms. The zero-order valence-electron chi connectivity index (χ0n) is 14.4. The van der Waals surface area contributed by atoms with Crippen molar-refractivity contribution < 1.29 is 4.79 Å². The van der Waals surface area contributed by atoms with Crippen LogP contribution in [0.3, 0.4) is 0 Å². The van der Waals surface area contributed by atoms with Crippen LogP contribution in [-0.2, 0) is 4.79 Å². The Morgan fingerprint density at radius 2 is 1.88 bits per heavy atom. The number of rotatable bonds is 6. The van der Waals surface area contributed by atoms with Crippen LogP contribution in [0.5, 0.6) is 0 Å². The molecule has 1 aliphatic carbocycles. The molecular formula is C20H27ClN2O. The standard InChI is InChI=1S/C20H26N2O.ClH/c1-3-6-19(21)20(23)22(18-11-12-18)14(2)16-10-9-15-7-4-5-8-17(15)13-16;/h4-5,7-10,13-14,18-19H,3,6,11-12,21H2,1-2H3;1H. The van der Waals surface area contributed by atoms with Gasteiger partial charge in [0.1, 0.15) is 0 Å². The lowest BCUT2D eigenvalue weighted by atomic mass is 10.0. The topological polar surface area (TPSA) is 46.3 Å². The molecule has 0 heterocycles. The van der Waals surface area contributed by atoms with Crippen molar-refractivity contribution in [3.8, 4) is 0 Å². The number of halogens is 1. The first kappa shape index (κ1) is 18.8. The third-order valence-electron chi connectivity index (χ3n) is 4.78. The molecule has 2 N–H and O–H groups in total. The van der Waals surface area contributed by atoms with E-state index in [9.17, 15) is 4.79 Å². The minimum absolute atomic E-state index is 0. The molecule has 2 aromatic rings. The van der Waals surface area contributed by atoms with Crippen LogP contribution in [0.1, 0.15) is 51.1 Å². The lowest BCUT2D eigenvalue weighted by Gasteiger charge is -2.32. The van der Waals surface area contributed by atoms with E-state index in [0.717, 1.165) is 25.7 Å². The van der Waals surface area contributed by atoms with Crippen LogP contribution in [0.25, 0.3) is 10.8 Å². The van der Waals surface area contributed by atoms with Gasteiger partial charge in [-0.3, -0.25) is 4.79 Å². The summed E-state index contributed by atoms with van der Waals surface area (Å²) in [4.78, 5) is 14.8. The Morgan fingerprint density at radius 3 is 2.50 bits per heavy atom. The van der Waals surface area contributed by atoms with E-state index in [2.05, 4.69) is 56.3 Å². The van der Waals surface area contributed by atoms with Crippen LogP contribution in [-0.4, -0.2) is 22.9 Å². The second-order valence-corrected chi connectivity index (χ2v) is 6.65. The lowest BCUT2D eigenvalue weighted by Crippen LogP contribution is -2.46. The van der Waals surface area contributed by atoms with Crippen LogP contribution < -0.4 is 5.73 Å². The molecule has 3 rings (SSSR count). The molecule has 2 aromatic carbocycles. The Bertz CT molecular complexity index is 699. The third-order valence-corrected chi connectivity index (χ3v) is 4.78. The van der Waals surface area contributed by atoms with Crippen molar-refractivity contribution in [1.82, 2.24) is 4.90 Å². The molecule has 130 valence electrons. The van der Waals surface area contributed by atoms with Crippen LogP contribution in [0, 0.1) is 0 Å². The van der Waals surface area contributed by atoms with E-state index in [0.29, 0.717) is 6.04 Å². The van der Waals surface area contributed by atoms with Crippen molar-refractivity contribution in [2.45, 2.75) is 57.7 Å². The molecule has 1 saturated carbocycles. The average Bonchev–Trinajstić information content (AvgIpc) is 3.39. The van der Waals surface area contributed by atoms with Gasteiger partial charge < -0.3 is 10.6 Å².